The van der Waals surface area contributed by atoms with E-state index < -0.39 is 0 Å². The molecule has 0 saturated heterocycles. The van der Waals surface area contributed by atoms with Crippen molar-refractivity contribution in [3.05, 3.63) is 92.8 Å². The van der Waals surface area contributed by atoms with Crippen molar-refractivity contribution < 1.29 is 4.79 Å². The number of carbonyl (C=O) groups excluding carboxylic acids is 1. The van der Waals surface area contributed by atoms with Crippen LogP contribution in [-0.2, 0) is 17.9 Å². The Kier molecular flexibility index (Phi) is 6.71. The van der Waals surface area contributed by atoms with Crippen molar-refractivity contribution in [1.82, 2.24) is 24.5 Å². The van der Waals surface area contributed by atoms with Gasteiger partial charge in [-0.05, 0) is 48.7 Å². The van der Waals surface area contributed by atoms with Gasteiger partial charge in [-0.25, -0.2) is 9.67 Å². The van der Waals surface area contributed by atoms with Crippen LogP contribution in [0, 0.1) is 13.8 Å². The second kappa shape index (κ2) is 9.93. The SMILES string of the molecule is Cc1cccc(-c2ccnc3c2c(C)nn3CC(=O)Nc2nn(Cc3ccc(Cl)cc3Cl)cc2Cl)c1. The number of aromatic nitrogens is 5. The Morgan fingerprint density at radius 1 is 1.00 bits per heavy atom. The van der Waals surface area contributed by atoms with Crippen LogP contribution in [0.3, 0.4) is 0 Å². The fraction of sp³-hybridized carbons (Fsp3) is 0.154. The van der Waals surface area contributed by atoms with E-state index in [1.807, 2.05) is 25.1 Å². The van der Waals surface area contributed by atoms with E-state index in [0.717, 1.165) is 33.3 Å². The maximum Gasteiger partial charge on any atom is 0.247 e. The zero-order valence-electron chi connectivity index (χ0n) is 19.5. The number of hydrogen-bond donors (Lipinski definition) is 1. The molecule has 0 aliphatic carbocycles. The normalized spacial score (nSPS) is 11.2. The van der Waals surface area contributed by atoms with Crippen LogP contribution in [0.5, 0.6) is 0 Å². The van der Waals surface area contributed by atoms with Crippen LogP contribution in [0.25, 0.3) is 22.2 Å². The van der Waals surface area contributed by atoms with Gasteiger partial charge in [-0.3, -0.25) is 9.48 Å². The number of hydrogen-bond acceptors (Lipinski definition) is 4. The Bertz CT molecular complexity index is 1610. The summed E-state index contributed by atoms with van der Waals surface area (Å²) in [5.41, 5.74) is 5.52. The van der Waals surface area contributed by atoms with Gasteiger partial charge in [0.05, 0.1) is 12.2 Å². The van der Waals surface area contributed by atoms with E-state index in [4.69, 9.17) is 34.8 Å². The highest BCUT2D eigenvalue weighted by Gasteiger charge is 2.18. The maximum absolute atomic E-state index is 12.9. The summed E-state index contributed by atoms with van der Waals surface area (Å²) in [4.78, 5) is 17.4. The summed E-state index contributed by atoms with van der Waals surface area (Å²) >= 11 is 18.6. The number of pyridine rings is 1. The first-order valence-electron chi connectivity index (χ1n) is 11.1. The predicted molar refractivity (Wildman–Crippen MR) is 144 cm³/mol. The standard InChI is InChI=1S/C26H21Cl3N6O/c1-15-4-3-5-17(10-15)20-8-9-30-26-24(20)16(2)32-35(26)14-23(36)31-25-22(29)13-34(33-25)12-18-6-7-19(27)11-21(18)28/h3-11,13H,12,14H2,1-2H3,(H,31,33,36). The Morgan fingerprint density at radius 2 is 1.83 bits per heavy atom. The summed E-state index contributed by atoms with van der Waals surface area (Å²) in [5, 5.41) is 14.1. The molecule has 1 amide bonds. The molecule has 0 fully saturated rings. The summed E-state index contributed by atoms with van der Waals surface area (Å²) in [5.74, 6) is -0.0628. The molecule has 10 heteroatoms. The lowest BCUT2D eigenvalue weighted by Gasteiger charge is -2.07. The maximum atomic E-state index is 12.9. The number of anilines is 1. The van der Waals surface area contributed by atoms with Gasteiger partial charge in [-0.1, -0.05) is 70.7 Å². The van der Waals surface area contributed by atoms with Crippen molar-refractivity contribution >= 4 is 57.6 Å². The van der Waals surface area contributed by atoms with Gasteiger partial charge in [-0.2, -0.15) is 10.2 Å². The van der Waals surface area contributed by atoms with Gasteiger partial charge in [0.2, 0.25) is 5.91 Å². The second-order valence-electron chi connectivity index (χ2n) is 8.48. The monoisotopic (exact) mass is 538 g/mol. The number of nitrogens with one attached hydrogen (secondary N) is 1. The van der Waals surface area contributed by atoms with Crippen LogP contribution in [-0.4, -0.2) is 30.5 Å². The zero-order valence-corrected chi connectivity index (χ0v) is 21.7. The van der Waals surface area contributed by atoms with Crippen LogP contribution >= 0.6 is 34.8 Å². The van der Waals surface area contributed by atoms with E-state index in [0.29, 0.717) is 27.3 Å². The van der Waals surface area contributed by atoms with Gasteiger partial charge in [0.25, 0.3) is 0 Å². The molecule has 0 spiro atoms. The van der Waals surface area contributed by atoms with Crippen LogP contribution in [0.1, 0.15) is 16.8 Å². The largest absolute Gasteiger partial charge is 0.306 e. The lowest BCUT2D eigenvalue weighted by molar-refractivity contribution is -0.116. The first-order valence-corrected chi connectivity index (χ1v) is 12.3. The summed E-state index contributed by atoms with van der Waals surface area (Å²) in [7, 11) is 0. The molecular formula is C26H21Cl3N6O. The number of fused-ring (bicyclic) bond motifs is 1. The summed E-state index contributed by atoms with van der Waals surface area (Å²) in [6.07, 6.45) is 3.36. The number of rotatable bonds is 6. The van der Waals surface area contributed by atoms with Gasteiger partial charge in [0.1, 0.15) is 11.6 Å². The highest BCUT2D eigenvalue weighted by molar-refractivity contribution is 6.35. The molecular weight excluding hydrogens is 519 g/mol. The summed E-state index contributed by atoms with van der Waals surface area (Å²) < 4.78 is 3.20. The third kappa shape index (κ3) is 4.95. The molecule has 182 valence electrons. The molecule has 36 heavy (non-hydrogen) atoms. The smallest absolute Gasteiger partial charge is 0.247 e. The molecule has 0 atom stereocenters. The van der Waals surface area contributed by atoms with Crippen molar-refractivity contribution in [2.75, 3.05) is 5.32 Å². The lowest BCUT2D eigenvalue weighted by Crippen LogP contribution is -2.20. The van der Waals surface area contributed by atoms with Gasteiger partial charge in [-0.15, -0.1) is 0 Å². The quantitative estimate of drug-likeness (QED) is 0.265. The van der Waals surface area contributed by atoms with Crippen molar-refractivity contribution in [2.45, 2.75) is 26.9 Å². The molecule has 0 aliphatic rings. The summed E-state index contributed by atoms with van der Waals surface area (Å²) in [6.45, 7) is 4.30. The molecule has 1 N–H and O–H groups in total. The van der Waals surface area contributed by atoms with Gasteiger partial charge in [0, 0.05) is 27.8 Å². The van der Waals surface area contributed by atoms with Crippen LogP contribution in [0.15, 0.2) is 60.9 Å². The van der Waals surface area contributed by atoms with Crippen LogP contribution in [0.4, 0.5) is 5.82 Å². The fourth-order valence-electron chi connectivity index (χ4n) is 4.14. The van der Waals surface area contributed by atoms with Crippen molar-refractivity contribution in [3.63, 3.8) is 0 Å². The van der Waals surface area contributed by atoms with Crippen LogP contribution in [0.2, 0.25) is 15.1 Å². The van der Waals surface area contributed by atoms with Gasteiger partial charge < -0.3 is 5.32 Å². The average Bonchev–Trinajstić information content (AvgIpc) is 3.34. The number of amides is 1. The Morgan fingerprint density at radius 3 is 2.61 bits per heavy atom. The minimum Gasteiger partial charge on any atom is -0.306 e. The first kappa shape index (κ1) is 24.3. The Hall–Kier alpha value is -3.39. The molecule has 0 unspecified atom stereocenters. The molecule has 5 aromatic rings. The van der Waals surface area contributed by atoms with Gasteiger partial charge in [0.15, 0.2) is 11.5 Å². The number of benzene rings is 2. The number of carbonyl (C=O) groups is 1. The second-order valence-corrected chi connectivity index (χ2v) is 9.73. The fourth-order valence-corrected chi connectivity index (χ4v) is 4.81. The van der Waals surface area contributed by atoms with E-state index in [1.54, 1.807) is 33.9 Å². The minimum atomic E-state index is -0.321. The van der Waals surface area contributed by atoms with E-state index in [2.05, 4.69) is 45.6 Å². The average molecular weight is 540 g/mol. The molecule has 2 aromatic carbocycles. The molecule has 0 aliphatic heterocycles. The van der Waals surface area contributed by atoms with Crippen molar-refractivity contribution in [3.8, 4) is 11.1 Å². The van der Waals surface area contributed by atoms with E-state index in [9.17, 15) is 4.79 Å². The Labute approximate surface area is 222 Å². The zero-order chi connectivity index (χ0) is 25.4. The molecule has 3 heterocycles. The predicted octanol–water partition coefficient (Wildman–Crippen LogP) is 6.56. The summed E-state index contributed by atoms with van der Waals surface area (Å²) in [6, 6.07) is 15.5. The van der Waals surface area contributed by atoms with E-state index in [-0.39, 0.29) is 18.3 Å². The highest BCUT2D eigenvalue weighted by Crippen LogP contribution is 2.30. The lowest BCUT2D eigenvalue weighted by atomic mass is 10.0. The first-order chi connectivity index (χ1) is 17.3. The highest BCUT2D eigenvalue weighted by atomic mass is 35.5. The van der Waals surface area contributed by atoms with E-state index >= 15 is 0 Å². The third-order valence-corrected chi connectivity index (χ3v) is 6.62. The van der Waals surface area contributed by atoms with Gasteiger partial charge >= 0.3 is 0 Å². The van der Waals surface area contributed by atoms with Crippen LogP contribution < -0.4 is 5.32 Å². The number of nitrogens with zero attached hydrogens (tertiary/aromatic N) is 5. The van der Waals surface area contributed by atoms with Crippen molar-refractivity contribution in [2.24, 2.45) is 0 Å². The number of aryl methyl sites for hydroxylation is 2. The van der Waals surface area contributed by atoms with E-state index in [1.165, 1.54) is 0 Å². The molecule has 0 radical (unpaired) electrons. The topological polar surface area (TPSA) is 77.6 Å². The number of halogens is 3. The molecule has 7 nitrogen and oxygen atoms in total. The molecule has 0 saturated carbocycles. The molecule has 3 aromatic heterocycles. The minimum absolute atomic E-state index is 0.0409. The molecule has 5 rings (SSSR count). The molecule has 0 bridgehead atoms. The third-order valence-electron chi connectivity index (χ3n) is 5.75. The Balaban J connectivity index is 1.36. The van der Waals surface area contributed by atoms with Crippen molar-refractivity contribution in [1.29, 1.82) is 0 Å².